The first-order valence-electron chi connectivity index (χ1n) is 7.31. The van der Waals surface area contributed by atoms with Crippen LogP contribution in [0.3, 0.4) is 0 Å². The maximum atomic E-state index is 14.3. The van der Waals surface area contributed by atoms with Crippen LogP contribution in [0.1, 0.15) is 22.3 Å². The quantitative estimate of drug-likeness (QED) is 0.791. The van der Waals surface area contributed by atoms with Gasteiger partial charge in [-0.3, -0.25) is 4.57 Å². The lowest BCUT2D eigenvalue weighted by atomic mass is 10.0. The molecule has 1 fully saturated rings. The van der Waals surface area contributed by atoms with E-state index < -0.39 is 36.7 Å². The molecule has 0 spiro atoms. The highest BCUT2D eigenvalue weighted by atomic mass is 35.5. The first-order chi connectivity index (χ1) is 10.5. The van der Waals surface area contributed by atoms with Gasteiger partial charge in [0.2, 0.25) is 0 Å². The second kappa shape index (κ2) is 6.07. The Balaban J connectivity index is 2.27. The number of halogens is 2. The van der Waals surface area contributed by atoms with Crippen molar-refractivity contribution in [3.8, 4) is 0 Å². The van der Waals surface area contributed by atoms with Gasteiger partial charge in [0.15, 0.2) is 6.23 Å². The molecular formula is C12H17ClFN3O3. The number of ether oxygens (including phenoxy) is 1. The van der Waals surface area contributed by atoms with Gasteiger partial charge < -0.3 is 15.2 Å². The summed E-state index contributed by atoms with van der Waals surface area (Å²) in [6, 6.07) is 1.45. The highest BCUT2D eigenvalue weighted by Gasteiger charge is 2.47. The number of hydrogen-bond donors (Lipinski definition) is 2. The summed E-state index contributed by atoms with van der Waals surface area (Å²) >= 11 is 5.70. The first-order valence-corrected chi connectivity index (χ1v) is 6.56. The minimum Gasteiger partial charge on any atom is -0.393 e. The monoisotopic (exact) mass is 308 g/mol. The van der Waals surface area contributed by atoms with Crippen molar-refractivity contribution in [2.45, 2.75) is 31.3 Å². The third-order valence-electron chi connectivity index (χ3n) is 2.99. The maximum absolute atomic E-state index is 14.3. The number of nitrogens with one attached hydrogen (secondary N) is 1. The molecule has 2 N–H and O–H groups in total. The Kier molecular flexibility index (Phi) is 3.81. The van der Waals surface area contributed by atoms with E-state index in [9.17, 15) is 14.3 Å². The number of aliphatic hydroxyl groups excluding tert-OH is 1. The van der Waals surface area contributed by atoms with E-state index >= 15 is 0 Å². The largest absolute Gasteiger partial charge is 0.393 e. The number of aliphatic hydroxyl groups is 1. The SMILES string of the molecule is [2H][C@H]1[C@@H](F)[C@H](n2ccc(NCC[3H])nc2=O)O[C@@]1(CO)CCl. The van der Waals surface area contributed by atoms with Crippen molar-refractivity contribution in [2.24, 2.45) is 0 Å². The minimum absolute atomic E-state index is 0.123. The fourth-order valence-electron chi connectivity index (χ4n) is 1.97. The standard InChI is InChI=1S/C12H17ClFN3O3/c1-2-15-9-3-4-17(11(19)16-9)10-8(14)5-12(6-13,7-18)20-10/h3-4,8,10,18H,2,5-7H2,1H3,(H,15,16,19)/t8-,10-,12-/m1/s1/i1T,5D/t5-,8+,10+,12+/m0. The summed E-state index contributed by atoms with van der Waals surface area (Å²) in [5.74, 6) is 0.00925. The molecule has 1 saturated heterocycles. The number of rotatable bonds is 5. The van der Waals surface area contributed by atoms with Gasteiger partial charge in [0.1, 0.15) is 17.6 Å². The first kappa shape index (κ1) is 12.6. The molecule has 20 heavy (non-hydrogen) atoms. The molecule has 112 valence electrons. The van der Waals surface area contributed by atoms with Gasteiger partial charge in [0.05, 0.1) is 12.5 Å². The Morgan fingerprint density at radius 1 is 1.95 bits per heavy atom. The Morgan fingerprint density at radius 3 is 3.30 bits per heavy atom. The molecule has 0 bridgehead atoms. The lowest BCUT2D eigenvalue weighted by Gasteiger charge is -2.24. The average Bonchev–Trinajstić information content (AvgIpc) is 2.78. The normalized spacial score (nSPS) is 34.6. The Hall–Kier alpha value is -1.18. The second-order valence-electron chi connectivity index (χ2n) is 4.41. The van der Waals surface area contributed by atoms with Crippen molar-refractivity contribution in [2.75, 3.05) is 24.3 Å². The zero-order valence-electron chi connectivity index (χ0n) is 12.6. The molecule has 2 rings (SSSR count). The lowest BCUT2D eigenvalue weighted by Crippen LogP contribution is -2.36. The maximum Gasteiger partial charge on any atom is 0.351 e. The summed E-state index contributed by atoms with van der Waals surface area (Å²) in [7, 11) is 0. The summed E-state index contributed by atoms with van der Waals surface area (Å²) in [5.41, 5.74) is -2.30. The van der Waals surface area contributed by atoms with Crippen LogP contribution in [0.4, 0.5) is 10.2 Å². The van der Waals surface area contributed by atoms with E-state index in [1.807, 2.05) is 0 Å². The molecule has 0 saturated carbocycles. The topological polar surface area (TPSA) is 76.4 Å². The van der Waals surface area contributed by atoms with Gasteiger partial charge in [-0.15, -0.1) is 11.6 Å². The van der Waals surface area contributed by atoms with Crippen molar-refractivity contribution in [3.63, 3.8) is 0 Å². The number of hydrogen-bond acceptors (Lipinski definition) is 5. The van der Waals surface area contributed by atoms with Crippen LogP contribution in [0.25, 0.3) is 0 Å². The molecule has 1 aromatic heterocycles. The van der Waals surface area contributed by atoms with Crippen LogP contribution in [0.2, 0.25) is 0 Å². The Bertz CT molecular complexity index is 573. The second-order valence-corrected chi connectivity index (χ2v) is 4.67. The average molecular weight is 309 g/mol. The zero-order valence-corrected chi connectivity index (χ0v) is 11.4. The van der Waals surface area contributed by atoms with Crippen molar-refractivity contribution in [1.82, 2.24) is 9.55 Å². The molecule has 6 nitrogen and oxygen atoms in total. The number of nitrogens with zero attached hydrogens (tertiary/aromatic N) is 2. The van der Waals surface area contributed by atoms with Gasteiger partial charge in [-0.2, -0.15) is 4.98 Å². The Morgan fingerprint density at radius 2 is 2.75 bits per heavy atom. The molecule has 1 aliphatic rings. The van der Waals surface area contributed by atoms with E-state index in [2.05, 4.69) is 10.3 Å². The van der Waals surface area contributed by atoms with E-state index in [0.29, 0.717) is 6.54 Å². The van der Waals surface area contributed by atoms with Crippen molar-refractivity contribution in [3.05, 3.63) is 22.7 Å². The van der Waals surface area contributed by atoms with E-state index in [1.165, 1.54) is 12.3 Å². The lowest BCUT2D eigenvalue weighted by molar-refractivity contribution is -0.0931. The van der Waals surface area contributed by atoms with Gasteiger partial charge in [-0.05, 0) is 13.0 Å². The van der Waals surface area contributed by atoms with Gasteiger partial charge >= 0.3 is 5.69 Å². The molecule has 8 heteroatoms. The fraction of sp³-hybridized carbons (Fsp3) is 0.667. The highest BCUT2D eigenvalue weighted by molar-refractivity contribution is 6.18. The van der Waals surface area contributed by atoms with Crippen LogP contribution in [0.15, 0.2) is 17.1 Å². The van der Waals surface area contributed by atoms with Crippen LogP contribution >= 0.6 is 11.6 Å². The highest BCUT2D eigenvalue weighted by Crippen LogP contribution is 2.38. The van der Waals surface area contributed by atoms with Crippen LogP contribution in [0.5, 0.6) is 0 Å². The third-order valence-corrected chi connectivity index (χ3v) is 3.45. The van der Waals surface area contributed by atoms with Gasteiger partial charge in [0, 0.05) is 21.9 Å². The van der Waals surface area contributed by atoms with Crippen LogP contribution in [0, 0.1) is 0 Å². The molecule has 4 atom stereocenters. The molecule has 0 radical (unpaired) electrons. The predicted octanol–water partition coefficient (Wildman–Crippen LogP) is 0.902. The fourth-order valence-corrected chi connectivity index (χ4v) is 2.21. The van der Waals surface area contributed by atoms with Crippen LogP contribution < -0.4 is 11.0 Å². The minimum atomic E-state index is -1.82. The van der Waals surface area contributed by atoms with Crippen molar-refractivity contribution in [1.29, 1.82) is 0 Å². The van der Waals surface area contributed by atoms with Gasteiger partial charge in [-0.1, -0.05) is 0 Å². The number of anilines is 1. The molecule has 0 unspecified atom stereocenters. The van der Waals surface area contributed by atoms with Crippen LogP contribution in [-0.4, -0.2) is 45.5 Å². The summed E-state index contributed by atoms with van der Waals surface area (Å²) in [5, 5.41) is 12.1. The van der Waals surface area contributed by atoms with Crippen LogP contribution in [-0.2, 0) is 4.74 Å². The van der Waals surface area contributed by atoms with Gasteiger partial charge in [-0.25, -0.2) is 9.18 Å². The summed E-state index contributed by atoms with van der Waals surface area (Å²) in [6.07, 6.45) is -3.29. The van der Waals surface area contributed by atoms with E-state index in [-0.39, 0.29) is 18.6 Å². The van der Waals surface area contributed by atoms with Crippen molar-refractivity contribution < 1.29 is 17.0 Å². The molecular weight excluding hydrogens is 289 g/mol. The molecule has 1 aliphatic heterocycles. The van der Waals surface area contributed by atoms with E-state index in [4.69, 9.17) is 19.1 Å². The molecule has 0 aromatic carbocycles. The smallest absolute Gasteiger partial charge is 0.351 e. The van der Waals surface area contributed by atoms with E-state index in [0.717, 1.165) is 4.57 Å². The third kappa shape index (κ3) is 2.79. The summed E-state index contributed by atoms with van der Waals surface area (Å²) in [6.45, 7) is -0.165. The summed E-state index contributed by atoms with van der Waals surface area (Å²) < 4.78 is 35.5. The predicted molar refractivity (Wildman–Crippen MR) is 72.8 cm³/mol. The number of aromatic nitrogens is 2. The molecule has 0 aliphatic carbocycles. The number of alkyl halides is 2. The molecule has 2 heterocycles. The Labute approximate surface area is 123 Å². The van der Waals surface area contributed by atoms with Crippen molar-refractivity contribution >= 4 is 17.4 Å². The van der Waals surface area contributed by atoms with E-state index in [1.54, 1.807) is 0 Å². The summed E-state index contributed by atoms with van der Waals surface area (Å²) in [4.78, 5) is 15.7. The van der Waals surface area contributed by atoms with Gasteiger partial charge in [0.25, 0.3) is 0 Å². The molecule has 1 aromatic rings. The zero-order chi connectivity index (χ0) is 16.3. The molecule has 0 amide bonds.